The van der Waals surface area contributed by atoms with Crippen molar-refractivity contribution in [1.82, 2.24) is 20.0 Å². The van der Waals surface area contributed by atoms with Crippen LogP contribution in [0.5, 0.6) is 0 Å². The highest BCUT2D eigenvalue weighted by Crippen LogP contribution is 2.34. The summed E-state index contributed by atoms with van der Waals surface area (Å²) in [7, 11) is 1.84. The SMILES string of the molecule is CSc1nnc(Sc2nn(C)cc2N)s1. The topological polar surface area (TPSA) is 69.6 Å². The number of aromatic nitrogens is 4. The van der Waals surface area contributed by atoms with Gasteiger partial charge in [0.25, 0.3) is 0 Å². The standard InChI is InChI=1S/C7H9N5S3/c1-12-3-4(8)5(11-12)14-7-10-9-6(13-2)15-7/h3H,8H2,1-2H3. The number of thioether (sulfide) groups is 1. The van der Waals surface area contributed by atoms with Gasteiger partial charge in [-0.3, -0.25) is 4.68 Å². The van der Waals surface area contributed by atoms with Crippen LogP contribution in [0.2, 0.25) is 0 Å². The van der Waals surface area contributed by atoms with Crippen LogP contribution in [0.3, 0.4) is 0 Å². The molecule has 5 nitrogen and oxygen atoms in total. The molecule has 0 unspecified atom stereocenters. The Labute approximate surface area is 99.5 Å². The first kappa shape index (κ1) is 10.8. The minimum Gasteiger partial charge on any atom is -0.395 e. The molecule has 2 N–H and O–H groups in total. The van der Waals surface area contributed by atoms with Crippen molar-refractivity contribution in [3.63, 3.8) is 0 Å². The fraction of sp³-hybridized carbons (Fsp3) is 0.286. The molecule has 0 saturated carbocycles. The highest BCUT2D eigenvalue weighted by Gasteiger charge is 2.10. The predicted molar refractivity (Wildman–Crippen MR) is 63.4 cm³/mol. The Morgan fingerprint density at radius 2 is 2.13 bits per heavy atom. The Morgan fingerprint density at radius 1 is 1.40 bits per heavy atom. The van der Waals surface area contributed by atoms with E-state index in [0.717, 1.165) is 13.7 Å². The van der Waals surface area contributed by atoms with Crippen LogP contribution in [0.25, 0.3) is 0 Å². The largest absolute Gasteiger partial charge is 0.395 e. The molecule has 0 atom stereocenters. The van der Waals surface area contributed by atoms with E-state index in [0.29, 0.717) is 5.69 Å². The van der Waals surface area contributed by atoms with E-state index < -0.39 is 0 Å². The van der Waals surface area contributed by atoms with Crippen LogP contribution in [0, 0.1) is 0 Å². The first-order valence-corrected chi connectivity index (χ1v) is 6.89. The second kappa shape index (κ2) is 4.42. The van der Waals surface area contributed by atoms with Gasteiger partial charge in [0.15, 0.2) is 8.68 Å². The lowest BCUT2D eigenvalue weighted by atomic mass is 10.6. The number of hydrogen-bond acceptors (Lipinski definition) is 7. The second-order valence-corrected chi connectivity index (χ2v) is 5.97. The zero-order valence-electron chi connectivity index (χ0n) is 8.17. The molecule has 0 aliphatic rings. The van der Waals surface area contributed by atoms with Crippen molar-refractivity contribution in [3.05, 3.63) is 6.20 Å². The lowest BCUT2D eigenvalue weighted by Gasteiger charge is -1.91. The van der Waals surface area contributed by atoms with E-state index in [1.165, 1.54) is 11.8 Å². The molecule has 2 heterocycles. The maximum atomic E-state index is 5.78. The van der Waals surface area contributed by atoms with Gasteiger partial charge in [0, 0.05) is 13.2 Å². The zero-order valence-corrected chi connectivity index (χ0v) is 10.6. The van der Waals surface area contributed by atoms with E-state index in [2.05, 4.69) is 15.3 Å². The highest BCUT2D eigenvalue weighted by molar-refractivity contribution is 8.03. The van der Waals surface area contributed by atoms with Crippen molar-refractivity contribution < 1.29 is 0 Å². The molecule has 8 heteroatoms. The van der Waals surface area contributed by atoms with E-state index >= 15 is 0 Å². The molecule has 15 heavy (non-hydrogen) atoms. The Morgan fingerprint density at radius 3 is 2.67 bits per heavy atom. The van der Waals surface area contributed by atoms with Crippen LogP contribution >= 0.6 is 34.9 Å². The maximum Gasteiger partial charge on any atom is 0.181 e. The fourth-order valence-electron chi connectivity index (χ4n) is 0.969. The molecule has 0 fully saturated rings. The molecule has 0 spiro atoms. The van der Waals surface area contributed by atoms with E-state index in [1.54, 1.807) is 34.0 Å². The fourth-order valence-corrected chi connectivity index (χ4v) is 3.36. The van der Waals surface area contributed by atoms with Crippen LogP contribution in [-0.2, 0) is 7.05 Å². The minimum absolute atomic E-state index is 0.670. The summed E-state index contributed by atoms with van der Waals surface area (Å²) < 4.78 is 3.51. The molecule has 0 aromatic carbocycles. The smallest absolute Gasteiger partial charge is 0.181 e. The molecule has 2 aromatic heterocycles. The molecule has 0 saturated heterocycles. The van der Waals surface area contributed by atoms with E-state index in [1.807, 2.05) is 13.3 Å². The highest BCUT2D eigenvalue weighted by atomic mass is 32.2. The molecule has 0 aliphatic heterocycles. The van der Waals surface area contributed by atoms with E-state index in [4.69, 9.17) is 5.73 Å². The van der Waals surface area contributed by atoms with Gasteiger partial charge < -0.3 is 5.73 Å². The van der Waals surface area contributed by atoms with Crippen molar-refractivity contribution >= 4 is 40.5 Å². The zero-order chi connectivity index (χ0) is 10.8. The molecular weight excluding hydrogens is 250 g/mol. The summed E-state index contributed by atoms with van der Waals surface area (Å²) in [5.74, 6) is 0. The summed E-state index contributed by atoms with van der Waals surface area (Å²) in [6, 6.07) is 0. The van der Waals surface area contributed by atoms with Crippen molar-refractivity contribution in [2.45, 2.75) is 13.7 Å². The first-order valence-electron chi connectivity index (χ1n) is 4.03. The van der Waals surface area contributed by atoms with Crippen LogP contribution in [0.1, 0.15) is 0 Å². The number of aryl methyl sites for hydroxylation is 1. The van der Waals surface area contributed by atoms with Gasteiger partial charge in [0.1, 0.15) is 5.03 Å². The molecule has 0 aliphatic carbocycles. The Hall–Kier alpha value is -0.730. The predicted octanol–water partition coefficient (Wildman–Crippen LogP) is 1.73. The van der Waals surface area contributed by atoms with Crippen molar-refractivity contribution in [1.29, 1.82) is 0 Å². The van der Waals surface area contributed by atoms with Crippen molar-refractivity contribution in [2.24, 2.45) is 7.05 Å². The van der Waals surface area contributed by atoms with E-state index in [-0.39, 0.29) is 0 Å². The molecular formula is C7H9N5S3. The number of anilines is 1. The summed E-state index contributed by atoms with van der Waals surface area (Å²) in [6.07, 6.45) is 3.75. The summed E-state index contributed by atoms with van der Waals surface area (Å²) in [6.45, 7) is 0. The van der Waals surface area contributed by atoms with Crippen molar-refractivity contribution in [2.75, 3.05) is 12.0 Å². The molecule has 0 amide bonds. The van der Waals surface area contributed by atoms with Gasteiger partial charge in [-0.25, -0.2) is 0 Å². The number of nitrogen functional groups attached to an aromatic ring is 1. The van der Waals surface area contributed by atoms with Crippen LogP contribution in [-0.4, -0.2) is 26.2 Å². The van der Waals surface area contributed by atoms with Crippen LogP contribution in [0.4, 0.5) is 5.69 Å². The number of nitrogens with zero attached hydrogens (tertiary/aromatic N) is 4. The number of rotatable bonds is 3. The third-order valence-electron chi connectivity index (χ3n) is 1.57. The normalized spacial score (nSPS) is 10.8. The maximum absolute atomic E-state index is 5.78. The summed E-state index contributed by atoms with van der Waals surface area (Å²) in [5, 5.41) is 13.0. The van der Waals surface area contributed by atoms with Gasteiger partial charge in [0.2, 0.25) is 0 Å². The molecule has 2 rings (SSSR count). The van der Waals surface area contributed by atoms with E-state index in [9.17, 15) is 0 Å². The Balaban J connectivity index is 2.17. The van der Waals surface area contributed by atoms with Gasteiger partial charge >= 0.3 is 0 Å². The van der Waals surface area contributed by atoms with Crippen molar-refractivity contribution in [3.8, 4) is 0 Å². The van der Waals surface area contributed by atoms with Gasteiger partial charge in [-0.05, 0) is 18.0 Å². The average Bonchev–Trinajstić information content (AvgIpc) is 2.75. The first-order chi connectivity index (χ1) is 7.19. The molecule has 0 bridgehead atoms. The quantitative estimate of drug-likeness (QED) is 0.847. The average molecular weight is 259 g/mol. The van der Waals surface area contributed by atoms with Crippen LogP contribution in [0.15, 0.2) is 19.9 Å². The van der Waals surface area contributed by atoms with Gasteiger partial charge in [-0.1, -0.05) is 23.1 Å². The summed E-state index contributed by atoms with van der Waals surface area (Å²) >= 11 is 4.57. The third kappa shape index (κ3) is 2.44. The summed E-state index contributed by atoms with van der Waals surface area (Å²) in [5.41, 5.74) is 6.45. The van der Waals surface area contributed by atoms with Crippen LogP contribution < -0.4 is 5.73 Å². The van der Waals surface area contributed by atoms with Gasteiger partial charge in [-0.2, -0.15) is 5.10 Å². The summed E-state index contributed by atoms with van der Waals surface area (Å²) in [4.78, 5) is 0. The lowest BCUT2D eigenvalue weighted by Crippen LogP contribution is -1.86. The Kier molecular flexibility index (Phi) is 3.17. The molecule has 0 radical (unpaired) electrons. The number of nitrogens with two attached hydrogens (primary N) is 1. The minimum atomic E-state index is 0.670. The second-order valence-electron chi connectivity index (χ2n) is 2.70. The van der Waals surface area contributed by atoms with Gasteiger partial charge in [0.05, 0.1) is 5.69 Å². The third-order valence-corrected chi connectivity index (χ3v) is 4.53. The lowest BCUT2D eigenvalue weighted by molar-refractivity contribution is 0.738. The monoisotopic (exact) mass is 259 g/mol. The Bertz CT molecular complexity index is 463. The molecule has 80 valence electrons. The van der Waals surface area contributed by atoms with Gasteiger partial charge in [-0.15, -0.1) is 10.2 Å². The number of hydrogen-bond donors (Lipinski definition) is 1. The molecule has 2 aromatic rings.